The lowest BCUT2D eigenvalue weighted by Gasteiger charge is -2.40. The largest absolute Gasteiger partial charge is 0.353 e. The number of allylic oxidation sites excluding steroid dienone is 2. The van der Waals surface area contributed by atoms with Crippen molar-refractivity contribution < 1.29 is 0 Å². The van der Waals surface area contributed by atoms with E-state index in [0.717, 1.165) is 32.6 Å². The first-order valence-corrected chi connectivity index (χ1v) is 8.86. The lowest BCUT2D eigenvalue weighted by molar-refractivity contribution is 0.197. The number of fused-ring (bicyclic) bond motifs is 1. The van der Waals surface area contributed by atoms with Crippen molar-refractivity contribution in [1.29, 1.82) is 0 Å². The summed E-state index contributed by atoms with van der Waals surface area (Å²) in [6, 6.07) is 4.25. The van der Waals surface area contributed by atoms with Gasteiger partial charge < -0.3 is 9.80 Å². The smallest absolute Gasteiger partial charge is 0.108 e. The van der Waals surface area contributed by atoms with Crippen molar-refractivity contribution in [2.75, 3.05) is 13.1 Å². The van der Waals surface area contributed by atoms with Crippen LogP contribution in [0.5, 0.6) is 0 Å². The minimum Gasteiger partial charge on any atom is -0.353 e. The van der Waals surface area contributed by atoms with Crippen LogP contribution in [-0.2, 0) is 19.5 Å². The fourth-order valence-corrected chi connectivity index (χ4v) is 4.02. The molecule has 2 aromatic rings. The fourth-order valence-electron chi connectivity index (χ4n) is 3.41. The summed E-state index contributed by atoms with van der Waals surface area (Å²) >= 11 is 1.73. The molecule has 0 unspecified atom stereocenters. The van der Waals surface area contributed by atoms with Crippen molar-refractivity contribution in [2.24, 2.45) is 0 Å². The molecule has 0 N–H and O–H groups in total. The van der Waals surface area contributed by atoms with Crippen LogP contribution < -0.4 is 0 Å². The van der Waals surface area contributed by atoms with Crippen LogP contribution in [0.15, 0.2) is 53.6 Å². The minimum atomic E-state index is 0.929. The zero-order chi connectivity index (χ0) is 15.6. The Hall–Kier alpha value is -2.14. The topological polar surface area (TPSA) is 32.3 Å². The molecule has 0 saturated heterocycles. The summed E-state index contributed by atoms with van der Waals surface area (Å²) in [6.07, 6.45) is 9.39. The third-order valence-electron chi connectivity index (χ3n) is 4.44. The lowest BCUT2D eigenvalue weighted by Crippen LogP contribution is -2.40. The Labute approximate surface area is 140 Å². The molecule has 2 aliphatic heterocycles. The number of hydrogen-bond donors (Lipinski definition) is 0. The van der Waals surface area contributed by atoms with Crippen molar-refractivity contribution in [3.63, 3.8) is 0 Å². The second kappa shape index (κ2) is 6.16. The van der Waals surface area contributed by atoms with Gasteiger partial charge >= 0.3 is 0 Å². The highest BCUT2D eigenvalue weighted by Gasteiger charge is 2.25. The first-order valence-electron chi connectivity index (χ1n) is 7.99. The maximum atomic E-state index is 4.52. The number of rotatable bonds is 3. The molecule has 0 saturated carbocycles. The maximum absolute atomic E-state index is 4.52. The average molecular weight is 324 g/mol. The Kier molecular flexibility index (Phi) is 3.87. The molecule has 118 valence electrons. The van der Waals surface area contributed by atoms with Crippen molar-refractivity contribution in [2.45, 2.75) is 26.4 Å². The molecule has 0 amide bonds. The van der Waals surface area contributed by atoms with Gasteiger partial charge in [-0.25, -0.2) is 0 Å². The van der Waals surface area contributed by atoms with Crippen LogP contribution in [0.25, 0.3) is 0 Å². The summed E-state index contributed by atoms with van der Waals surface area (Å²) in [6.45, 7) is 6.08. The van der Waals surface area contributed by atoms with Gasteiger partial charge in [-0.1, -0.05) is 18.2 Å². The molecule has 0 atom stereocenters. The van der Waals surface area contributed by atoms with E-state index in [9.17, 15) is 0 Å². The van der Waals surface area contributed by atoms with Gasteiger partial charge in [0.25, 0.3) is 0 Å². The molecule has 0 aromatic carbocycles. The molecule has 4 nitrogen and oxygen atoms in total. The lowest BCUT2D eigenvalue weighted by atomic mass is 10.0. The first-order chi connectivity index (χ1) is 11.3. The molecule has 0 spiro atoms. The fraction of sp³-hybridized carbons (Fsp3) is 0.333. The van der Waals surface area contributed by atoms with Gasteiger partial charge in [-0.15, -0.1) is 11.3 Å². The molecule has 0 bridgehead atoms. The zero-order valence-electron chi connectivity index (χ0n) is 13.3. The van der Waals surface area contributed by atoms with E-state index in [1.807, 2.05) is 24.0 Å². The third-order valence-corrected chi connectivity index (χ3v) is 5.20. The Bertz CT molecular complexity index is 748. The van der Waals surface area contributed by atoms with Gasteiger partial charge in [0, 0.05) is 49.0 Å². The Morgan fingerprint density at radius 1 is 1.35 bits per heavy atom. The molecule has 0 fully saturated rings. The number of aromatic nitrogens is 2. The van der Waals surface area contributed by atoms with E-state index >= 15 is 0 Å². The predicted molar refractivity (Wildman–Crippen MR) is 92.7 cm³/mol. The molecule has 2 aliphatic rings. The molecule has 0 radical (unpaired) electrons. The predicted octanol–water partition coefficient (Wildman–Crippen LogP) is 3.20. The minimum absolute atomic E-state index is 0.929. The van der Waals surface area contributed by atoms with Gasteiger partial charge in [-0.05, 0) is 24.1 Å². The Morgan fingerprint density at radius 3 is 3.17 bits per heavy atom. The summed E-state index contributed by atoms with van der Waals surface area (Å²) < 4.78 is 0. The number of pyridine rings is 1. The van der Waals surface area contributed by atoms with Crippen LogP contribution in [-0.4, -0.2) is 32.9 Å². The molecule has 4 heterocycles. The van der Waals surface area contributed by atoms with Crippen LogP contribution in [0.1, 0.15) is 23.1 Å². The van der Waals surface area contributed by atoms with E-state index < -0.39 is 0 Å². The van der Waals surface area contributed by atoms with Gasteiger partial charge in [-0.3, -0.25) is 9.97 Å². The van der Waals surface area contributed by atoms with Gasteiger partial charge in [0.1, 0.15) is 5.82 Å². The standard InChI is InChI=1S/C18H20N4S/c1-14-4-3-8-21(12-16-10-19-13-23-16)18(14)22-9-6-17-15(11-22)5-2-7-20-17/h2-5,7,10,13H,6,8-9,11-12H2,1H3. The molecular weight excluding hydrogens is 304 g/mol. The van der Waals surface area contributed by atoms with Crippen LogP contribution >= 0.6 is 11.3 Å². The molecular formula is C18H20N4S. The maximum Gasteiger partial charge on any atom is 0.108 e. The van der Waals surface area contributed by atoms with Gasteiger partial charge in [0.2, 0.25) is 0 Å². The van der Waals surface area contributed by atoms with Gasteiger partial charge in [0.05, 0.1) is 12.1 Å². The van der Waals surface area contributed by atoms with E-state index in [4.69, 9.17) is 0 Å². The highest BCUT2D eigenvalue weighted by molar-refractivity contribution is 7.09. The van der Waals surface area contributed by atoms with Crippen LogP contribution in [0.2, 0.25) is 0 Å². The monoisotopic (exact) mass is 324 g/mol. The quantitative estimate of drug-likeness (QED) is 0.868. The molecule has 5 heteroatoms. The van der Waals surface area contributed by atoms with E-state index in [0.29, 0.717) is 0 Å². The van der Waals surface area contributed by atoms with E-state index in [2.05, 4.69) is 44.9 Å². The second-order valence-corrected chi connectivity index (χ2v) is 7.01. The molecule has 0 aliphatic carbocycles. The molecule has 23 heavy (non-hydrogen) atoms. The molecule has 2 aromatic heterocycles. The SMILES string of the molecule is CC1=C(N2CCc3ncccc3C2)N(Cc2cncs2)CC=C1. The molecule has 4 rings (SSSR count). The Morgan fingerprint density at radius 2 is 2.30 bits per heavy atom. The van der Waals surface area contributed by atoms with Crippen molar-refractivity contribution >= 4 is 11.3 Å². The highest BCUT2D eigenvalue weighted by atomic mass is 32.1. The van der Waals surface area contributed by atoms with Gasteiger partial charge in [0.15, 0.2) is 0 Å². The summed E-state index contributed by atoms with van der Waals surface area (Å²) in [5.74, 6) is 1.36. The summed E-state index contributed by atoms with van der Waals surface area (Å²) in [7, 11) is 0. The van der Waals surface area contributed by atoms with Crippen LogP contribution in [0.3, 0.4) is 0 Å². The van der Waals surface area contributed by atoms with Crippen LogP contribution in [0, 0.1) is 0 Å². The number of thiazole rings is 1. The van der Waals surface area contributed by atoms with Gasteiger partial charge in [-0.2, -0.15) is 0 Å². The first kappa shape index (κ1) is 14.5. The summed E-state index contributed by atoms with van der Waals surface area (Å²) in [5.41, 5.74) is 5.86. The third kappa shape index (κ3) is 2.88. The van der Waals surface area contributed by atoms with Crippen molar-refractivity contribution in [1.82, 2.24) is 19.8 Å². The van der Waals surface area contributed by atoms with E-state index in [1.54, 1.807) is 11.3 Å². The van der Waals surface area contributed by atoms with Crippen LogP contribution in [0.4, 0.5) is 0 Å². The highest BCUT2D eigenvalue weighted by Crippen LogP contribution is 2.28. The summed E-state index contributed by atoms with van der Waals surface area (Å²) in [5, 5.41) is 0. The van der Waals surface area contributed by atoms with Crippen molar-refractivity contribution in [3.05, 3.63) is 69.7 Å². The zero-order valence-corrected chi connectivity index (χ0v) is 14.1. The normalized spacial score (nSPS) is 17.6. The summed E-state index contributed by atoms with van der Waals surface area (Å²) in [4.78, 5) is 15.0. The van der Waals surface area contributed by atoms with Crippen molar-refractivity contribution in [3.8, 4) is 0 Å². The number of nitrogens with zero attached hydrogens (tertiary/aromatic N) is 4. The van der Waals surface area contributed by atoms with E-state index in [-0.39, 0.29) is 0 Å². The van der Waals surface area contributed by atoms with E-state index in [1.165, 1.54) is 27.5 Å². The average Bonchev–Trinajstić information content (AvgIpc) is 3.08. The number of hydrogen-bond acceptors (Lipinski definition) is 5. The Balaban J connectivity index is 1.61. The second-order valence-electron chi connectivity index (χ2n) is 6.04.